The summed E-state index contributed by atoms with van der Waals surface area (Å²) < 4.78 is 1.77. The van der Waals surface area contributed by atoms with Gasteiger partial charge in [-0.25, -0.2) is 15.0 Å². The Morgan fingerprint density at radius 1 is 1.25 bits per heavy atom. The number of pyridine rings is 2. The minimum Gasteiger partial charge on any atom is -0.295 e. The summed E-state index contributed by atoms with van der Waals surface area (Å²) in [7, 11) is 0. The van der Waals surface area contributed by atoms with Crippen LogP contribution in [-0.4, -0.2) is 19.5 Å². The van der Waals surface area contributed by atoms with Crippen LogP contribution in [0.5, 0.6) is 0 Å². The second-order valence-corrected chi connectivity index (χ2v) is 6.14. The van der Waals surface area contributed by atoms with E-state index in [1.165, 1.54) is 0 Å². The van der Waals surface area contributed by atoms with Gasteiger partial charge in [-0.05, 0) is 36.5 Å². The average Bonchev–Trinajstić information content (AvgIpc) is 2.61. The Morgan fingerprint density at radius 2 is 2.17 bits per heavy atom. The SMILES string of the molecule is CC1CCc2nc3cc(C#Cc4ccccn4)cnc3c(=O)n2C1. The summed E-state index contributed by atoms with van der Waals surface area (Å²) in [5, 5.41) is 0. The van der Waals surface area contributed by atoms with Gasteiger partial charge in [-0.15, -0.1) is 0 Å². The van der Waals surface area contributed by atoms with Gasteiger partial charge in [-0.1, -0.05) is 18.9 Å². The number of fused-ring (bicyclic) bond motifs is 2. The van der Waals surface area contributed by atoms with Crippen LogP contribution in [0.15, 0.2) is 41.5 Å². The van der Waals surface area contributed by atoms with E-state index >= 15 is 0 Å². The molecule has 0 saturated heterocycles. The maximum Gasteiger partial charge on any atom is 0.280 e. The van der Waals surface area contributed by atoms with Gasteiger partial charge in [0.2, 0.25) is 0 Å². The number of rotatable bonds is 0. The Kier molecular flexibility index (Phi) is 3.58. The molecule has 1 unspecified atom stereocenters. The maximum absolute atomic E-state index is 12.6. The second-order valence-electron chi connectivity index (χ2n) is 6.14. The van der Waals surface area contributed by atoms with E-state index in [1.807, 2.05) is 24.3 Å². The molecule has 0 N–H and O–H groups in total. The Bertz CT molecular complexity index is 1030. The molecule has 0 spiro atoms. The highest BCUT2D eigenvalue weighted by molar-refractivity contribution is 5.74. The molecule has 1 atom stereocenters. The number of aryl methyl sites for hydroxylation is 1. The van der Waals surface area contributed by atoms with Crippen LogP contribution in [0.4, 0.5) is 0 Å². The van der Waals surface area contributed by atoms with E-state index in [0.717, 1.165) is 30.8 Å². The molecule has 0 bridgehead atoms. The first-order valence-electron chi connectivity index (χ1n) is 8.03. The van der Waals surface area contributed by atoms with Gasteiger partial charge >= 0.3 is 0 Å². The summed E-state index contributed by atoms with van der Waals surface area (Å²) in [6, 6.07) is 7.43. The molecule has 3 aromatic rings. The summed E-state index contributed by atoms with van der Waals surface area (Å²) in [5.74, 6) is 7.38. The molecule has 0 aliphatic carbocycles. The van der Waals surface area contributed by atoms with E-state index in [0.29, 0.717) is 22.6 Å². The third-order valence-electron chi connectivity index (χ3n) is 4.23. The molecule has 1 aliphatic heterocycles. The van der Waals surface area contributed by atoms with Gasteiger partial charge in [0, 0.05) is 30.9 Å². The van der Waals surface area contributed by atoms with Crippen LogP contribution in [0.25, 0.3) is 11.0 Å². The van der Waals surface area contributed by atoms with Crippen LogP contribution in [0.2, 0.25) is 0 Å². The Morgan fingerprint density at radius 3 is 3.00 bits per heavy atom. The quantitative estimate of drug-likeness (QED) is 0.596. The fourth-order valence-electron chi connectivity index (χ4n) is 2.95. The highest BCUT2D eigenvalue weighted by atomic mass is 16.1. The van der Waals surface area contributed by atoms with E-state index in [1.54, 1.807) is 17.0 Å². The van der Waals surface area contributed by atoms with E-state index < -0.39 is 0 Å². The molecule has 3 aromatic heterocycles. The molecular formula is C19H16N4O. The molecule has 5 heteroatoms. The fourth-order valence-corrected chi connectivity index (χ4v) is 2.95. The van der Waals surface area contributed by atoms with Gasteiger partial charge in [-0.2, -0.15) is 0 Å². The van der Waals surface area contributed by atoms with Gasteiger partial charge in [0.1, 0.15) is 11.5 Å². The third kappa shape index (κ3) is 2.67. The predicted molar refractivity (Wildman–Crippen MR) is 91.5 cm³/mol. The Hall–Kier alpha value is -3.00. The molecule has 5 nitrogen and oxygen atoms in total. The standard InChI is InChI=1S/C19H16N4O/c1-13-5-8-17-22-16-10-14(6-7-15-4-2-3-9-20-15)11-21-18(16)19(24)23(17)12-13/h2-4,9-11,13H,5,8,12H2,1H3. The molecule has 4 rings (SSSR count). The normalized spacial score (nSPS) is 16.3. The minimum absolute atomic E-state index is 0.0502. The van der Waals surface area contributed by atoms with Gasteiger partial charge in [0.25, 0.3) is 5.56 Å². The zero-order valence-corrected chi connectivity index (χ0v) is 13.4. The zero-order chi connectivity index (χ0) is 16.5. The molecule has 0 aromatic carbocycles. The van der Waals surface area contributed by atoms with Crippen molar-refractivity contribution < 1.29 is 0 Å². The number of hydrogen-bond donors (Lipinski definition) is 0. The van der Waals surface area contributed by atoms with Gasteiger partial charge < -0.3 is 0 Å². The summed E-state index contributed by atoms with van der Waals surface area (Å²) in [6.07, 6.45) is 5.22. The molecule has 1 aliphatic rings. The summed E-state index contributed by atoms with van der Waals surface area (Å²) in [4.78, 5) is 25.7. The van der Waals surface area contributed by atoms with Crippen molar-refractivity contribution in [3.05, 3.63) is 64.1 Å². The fraction of sp³-hybridized carbons (Fsp3) is 0.263. The van der Waals surface area contributed by atoms with Gasteiger partial charge in [0.05, 0.1) is 5.52 Å². The zero-order valence-electron chi connectivity index (χ0n) is 13.4. The Labute approximate surface area is 139 Å². The molecule has 0 radical (unpaired) electrons. The lowest BCUT2D eigenvalue weighted by Gasteiger charge is -2.22. The lowest BCUT2D eigenvalue weighted by atomic mass is 10.0. The minimum atomic E-state index is -0.0502. The van der Waals surface area contributed by atoms with Crippen molar-refractivity contribution in [1.29, 1.82) is 0 Å². The molecule has 0 fully saturated rings. The number of nitrogens with zero attached hydrogens (tertiary/aromatic N) is 4. The summed E-state index contributed by atoms with van der Waals surface area (Å²) in [5.41, 5.74) is 2.41. The van der Waals surface area contributed by atoms with Crippen molar-refractivity contribution in [2.24, 2.45) is 5.92 Å². The van der Waals surface area contributed by atoms with Crippen LogP contribution in [-0.2, 0) is 13.0 Å². The number of aromatic nitrogens is 4. The topological polar surface area (TPSA) is 60.7 Å². The molecule has 0 saturated carbocycles. The monoisotopic (exact) mass is 316 g/mol. The first-order chi connectivity index (χ1) is 11.7. The van der Waals surface area contributed by atoms with Crippen LogP contribution in [0.3, 0.4) is 0 Å². The smallest absolute Gasteiger partial charge is 0.280 e. The van der Waals surface area contributed by atoms with Crippen LogP contribution in [0, 0.1) is 17.8 Å². The molecule has 118 valence electrons. The van der Waals surface area contributed by atoms with Crippen molar-refractivity contribution in [2.75, 3.05) is 0 Å². The highest BCUT2D eigenvalue weighted by Crippen LogP contribution is 2.18. The Balaban J connectivity index is 1.78. The largest absolute Gasteiger partial charge is 0.295 e. The third-order valence-corrected chi connectivity index (χ3v) is 4.23. The molecule has 4 heterocycles. The van der Waals surface area contributed by atoms with Gasteiger partial charge in [-0.3, -0.25) is 9.36 Å². The van der Waals surface area contributed by atoms with E-state index in [4.69, 9.17) is 0 Å². The van der Waals surface area contributed by atoms with E-state index in [-0.39, 0.29) is 5.56 Å². The van der Waals surface area contributed by atoms with Crippen molar-refractivity contribution in [3.8, 4) is 11.8 Å². The van der Waals surface area contributed by atoms with Crippen molar-refractivity contribution >= 4 is 11.0 Å². The van der Waals surface area contributed by atoms with Crippen molar-refractivity contribution in [3.63, 3.8) is 0 Å². The second kappa shape index (κ2) is 5.89. The molecular weight excluding hydrogens is 300 g/mol. The van der Waals surface area contributed by atoms with Crippen LogP contribution >= 0.6 is 0 Å². The maximum atomic E-state index is 12.6. The lowest BCUT2D eigenvalue weighted by molar-refractivity contribution is 0.381. The highest BCUT2D eigenvalue weighted by Gasteiger charge is 2.19. The summed E-state index contributed by atoms with van der Waals surface area (Å²) >= 11 is 0. The predicted octanol–water partition coefficient (Wildman–Crippen LogP) is 2.17. The average molecular weight is 316 g/mol. The van der Waals surface area contributed by atoms with Crippen LogP contribution < -0.4 is 5.56 Å². The van der Waals surface area contributed by atoms with E-state index in [2.05, 4.69) is 33.7 Å². The van der Waals surface area contributed by atoms with Crippen molar-refractivity contribution in [2.45, 2.75) is 26.3 Å². The van der Waals surface area contributed by atoms with Crippen molar-refractivity contribution in [1.82, 2.24) is 19.5 Å². The summed E-state index contributed by atoms with van der Waals surface area (Å²) in [6.45, 7) is 2.88. The number of hydrogen-bond acceptors (Lipinski definition) is 4. The lowest BCUT2D eigenvalue weighted by Crippen LogP contribution is -2.32. The molecule has 24 heavy (non-hydrogen) atoms. The first-order valence-corrected chi connectivity index (χ1v) is 8.03. The first kappa shape index (κ1) is 14.6. The van der Waals surface area contributed by atoms with Crippen LogP contribution in [0.1, 0.15) is 30.4 Å². The molecule has 0 amide bonds. The van der Waals surface area contributed by atoms with E-state index in [9.17, 15) is 4.79 Å². The van der Waals surface area contributed by atoms with Gasteiger partial charge in [0.15, 0.2) is 5.52 Å².